The van der Waals surface area contributed by atoms with Crippen molar-refractivity contribution in [2.75, 3.05) is 19.5 Å². The lowest BCUT2D eigenvalue weighted by molar-refractivity contribution is -0.111. The van der Waals surface area contributed by atoms with Gasteiger partial charge >= 0.3 is 0 Å². The Kier molecular flexibility index (Phi) is 7.59. The van der Waals surface area contributed by atoms with E-state index in [-0.39, 0.29) is 5.91 Å². The Morgan fingerprint density at radius 1 is 1.27 bits per heavy atom. The van der Waals surface area contributed by atoms with Crippen LogP contribution in [-0.2, 0) is 4.79 Å². The van der Waals surface area contributed by atoms with Gasteiger partial charge in [0.1, 0.15) is 5.01 Å². The molecule has 140 valence electrons. The first-order valence-corrected chi connectivity index (χ1v) is 9.87. The predicted molar refractivity (Wildman–Crippen MR) is 108 cm³/mol. The summed E-state index contributed by atoms with van der Waals surface area (Å²) in [6.07, 6.45) is 5.16. The Hall–Kier alpha value is -1.93. The zero-order valence-corrected chi connectivity index (χ0v) is 17.6. The number of halogens is 1. The van der Waals surface area contributed by atoms with Crippen molar-refractivity contribution < 1.29 is 14.3 Å². The summed E-state index contributed by atoms with van der Waals surface area (Å²) in [7, 11) is 3.14. The number of ether oxygens (including phenoxy) is 2. The number of hydrogen-bond acceptors (Lipinski definition) is 6. The van der Waals surface area contributed by atoms with Gasteiger partial charge in [-0.15, -0.1) is 10.2 Å². The van der Waals surface area contributed by atoms with Gasteiger partial charge in [0.05, 0.1) is 18.7 Å². The molecule has 0 radical (unpaired) electrons. The first-order chi connectivity index (χ1) is 12.5. The summed E-state index contributed by atoms with van der Waals surface area (Å²) >= 11 is 4.86. The van der Waals surface area contributed by atoms with Gasteiger partial charge in [0, 0.05) is 12.0 Å². The Labute approximate surface area is 165 Å². The normalized spacial score (nSPS) is 11.2. The Bertz CT molecular complexity index is 788. The van der Waals surface area contributed by atoms with Crippen LogP contribution in [0, 0.1) is 0 Å². The number of carbonyl (C=O) groups excluding carboxylic acids is 1. The molecular weight excluding hydrogens is 418 g/mol. The number of carbonyl (C=O) groups is 1. The average molecular weight is 440 g/mol. The van der Waals surface area contributed by atoms with Crippen molar-refractivity contribution in [2.45, 2.75) is 32.6 Å². The zero-order valence-electron chi connectivity index (χ0n) is 15.2. The number of rotatable bonds is 8. The standard InChI is InChI=1S/C18H22BrN3O3S/c1-5-12(6-2)17-21-22-18(26-17)20-15(23)8-7-11-9-13(19)16(25-4)14(10-11)24-3/h7-10,12H,5-6H2,1-4H3,(H,20,22,23)/b8-7+. The molecule has 0 spiro atoms. The Balaban J connectivity index is 2.07. The van der Waals surface area contributed by atoms with Gasteiger partial charge in [-0.2, -0.15) is 0 Å². The Morgan fingerprint density at radius 2 is 2.00 bits per heavy atom. The van der Waals surface area contributed by atoms with Gasteiger partial charge in [0.2, 0.25) is 11.0 Å². The molecule has 6 nitrogen and oxygen atoms in total. The van der Waals surface area contributed by atoms with Crippen LogP contribution in [0.25, 0.3) is 6.08 Å². The fourth-order valence-electron chi connectivity index (χ4n) is 2.44. The first kappa shape index (κ1) is 20.4. The third kappa shape index (κ3) is 5.04. The highest BCUT2D eigenvalue weighted by Gasteiger charge is 2.14. The molecule has 1 heterocycles. The summed E-state index contributed by atoms with van der Waals surface area (Å²) in [5, 5.41) is 12.4. The largest absolute Gasteiger partial charge is 0.493 e. The van der Waals surface area contributed by atoms with Crippen molar-refractivity contribution in [3.8, 4) is 11.5 Å². The highest BCUT2D eigenvalue weighted by atomic mass is 79.9. The molecule has 0 aliphatic carbocycles. The molecule has 1 aromatic carbocycles. The fraction of sp³-hybridized carbons (Fsp3) is 0.389. The number of amides is 1. The summed E-state index contributed by atoms with van der Waals surface area (Å²) < 4.78 is 11.3. The topological polar surface area (TPSA) is 73.3 Å². The third-order valence-corrected chi connectivity index (χ3v) is 5.48. The summed E-state index contributed by atoms with van der Waals surface area (Å²) in [5.74, 6) is 1.32. The van der Waals surface area contributed by atoms with Crippen LogP contribution in [0.4, 0.5) is 5.13 Å². The molecule has 8 heteroatoms. The van der Waals surface area contributed by atoms with Crippen LogP contribution < -0.4 is 14.8 Å². The number of nitrogens with one attached hydrogen (secondary N) is 1. The molecule has 0 fully saturated rings. The van der Waals surface area contributed by atoms with Gasteiger partial charge < -0.3 is 9.47 Å². The molecule has 2 aromatic rings. The number of hydrogen-bond donors (Lipinski definition) is 1. The minimum atomic E-state index is -0.261. The van der Waals surface area contributed by atoms with E-state index in [1.165, 1.54) is 17.4 Å². The van der Waals surface area contributed by atoms with E-state index in [4.69, 9.17) is 9.47 Å². The van der Waals surface area contributed by atoms with Crippen LogP contribution >= 0.6 is 27.3 Å². The van der Waals surface area contributed by atoms with Gasteiger partial charge in [-0.3, -0.25) is 10.1 Å². The van der Waals surface area contributed by atoms with Crippen LogP contribution in [0.2, 0.25) is 0 Å². The number of methoxy groups -OCH3 is 2. The fourth-order valence-corrected chi connectivity index (χ4v) is 4.08. The van der Waals surface area contributed by atoms with Crippen LogP contribution in [-0.4, -0.2) is 30.3 Å². The first-order valence-electron chi connectivity index (χ1n) is 8.26. The maximum absolute atomic E-state index is 12.1. The van der Waals surface area contributed by atoms with Crippen molar-refractivity contribution in [1.29, 1.82) is 0 Å². The quantitative estimate of drug-likeness (QED) is 0.593. The van der Waals surface area contributed by atoms with Crippen LogP contribution in [0.1, 0.15) is 43.2 Å². The van der Waals surface area contributed by atoms with E-state index < -0.39 is 0 Å². The molecule has 0 bridgehead atoms. The number of aromatic nitrogens is 2. The summed E-state index contributed by atoms with van der Waals surface area (Å²) in [4.78, 5) is 12.1. The second-order valence-corrected chi connectivity index (χ2v) is 7.38. The lowest BCUT2D eigenvalue weighted by Gasteiger charge is -2.10. The van der Waals surface area contributed by atoms with Crippen molar-refractivity contribution in [1.82, 2.24) is 10.2 Å². The van der Waals surface area contributed by atoms with Gasteiger partial charge in [-0.05, 0) is 52.5 Å². The second kappa shape index (κ2) is 9.68. The third-order valence-electron chi connectivity index (χ3n) is 3.89. The molecule has 1 amide bonds. The predicted octanol–water partition coefficient (Wildman–Crippen LogP) is 4.87. The number of anilines is 1. The highest BCUT2D eigenvalue weighted by molar-refractivity contribution is 9.10. The highest BCUT2D eigenvalue weighted by Crippen LogP contribution is 2.36. The Morgan fingerprint density at radius 3 is 2.62 bits per heavy atom. The summed E-state index contributed by atoms with van der Waals surface area (Å²) in [6, 6.07) is 3.64. The van der Waals surface area contributed by atoms with E-state index in [1.807, 2.05) is 6.07 Å². The maximum atomic E-state index is 12.1. The van der Waals surface area contributed by atoms with Crippen LogP contribution in [0.5, 0.6) is 11.5 Å². The van der Waals surface area contributed by atoms with Crippen molar-refractivity contribution in [3.05, 3.63) is 33.3 Å². The molecule has 1 aromatic heterocycles. The van der Waals surface area contributed by atoms with Crippen molar-refractivity contribution >= 4 is 44.4 Å². The smallest absolute Gasteiger partial charge is 0.250 e. The molecule has 0 unspecified atom stereocenters. The van der Waals surface area contributed by atoms with E-state index in [2.05, 4.69) is 45.3 Å². The molecule has 0 aliphatic rings. The van der Waals surface area contributed by atoms with Crippen molar-refractivity contribution in [3.63, 3.8) is 0 Å². The lowest BCUT2D eigenvalue weighted by Crippen LogP contribution is -2.07. The monoisotopic (exact) mass is 439 g/mol. The summed E-state index contributed by atoms with van der Waals surface area (Å²) in [5.41, 5.74) is 0.805. The molecule has 26 heavy (non-hydrogen) atoms. The zero-order chi connectivity index (χ0) is 19.1. The molecule has 0 saturated carbocycles. The summed E-state index contributed by atoms with van der Waals surface area (Å²) in [6.45, 7) is 4.25. The molecule has 1 N–H and O–H groups in total. The van der Waals surface area contributed by atoms with E-state index >= 15 is 0 Å². The lowest BCUT2D eigenvalue weighted by atomic mass is 10.1. The van der Waals surface area contributed by atoms with Crippen LogP contribution in [0.3, 0.4) is 0 Å². The molecule has 2 rings (SSSR count). The minimum Gasteiger partial charge on any atom is -0.493 e. The molecular formula is C18H22BrN3O3S. The van der Waals surface area contributed by atoms with Gasteiger partial charge in [-0.25, -0.2) is 0 Å². The minimum absolute atomic E-state index is 0.261. The maximum Gasteiger partial charge on any atom is 0.250 e. The SMILES string of the molecule is CCC(CC)c1nnc(NC(=O)/C=C/c2cc(Br)c(OC)c(OC)c2)s1. The average Bonchev–Trinajstić information content (AvgIpc) is 3.08. The van der Waals surface area contributed by atoms with Crippen LogP contribution in [0.15, 0.2) is 22.7 Å². The van der Waals surface area contributed by atoms with Gasteiger partial charge in [0.25, 0.3) is 0 Å². The van der Waals surface area contributed by atoms with E-state index in [0.29, 0.717) is 22.5 Å². The van der Waals surface area contributed by atoms with E-state index in [1.54, 1.807) is 26.4 Å². The number of benzene rings is 1. The molecule has 0 aliphatic heterocycles. The second-order valence-electron chi connectivity index (χ2n) is 5.52. The van der Waals surface area contributed by atoms with E-state index in [9.17, 15) is 4.79 Å². The molecule has 0 saturated heterocycles. The van der Waals surface area contributed by atoms with Gasteiger partial charge in [0.15, 0.2) is 11.5 Å². The molecule has 0 atom stereocenters. The van der Waals surface area contributed by atoms with Gasteiger partial charge in [-0.1, -0.05) is 25.2 Å². The number of nitrogens with zero attached hydrogens (tertiary/aromatic N) is 2. The van der Waals surface area contributed by atoms with Crippen molar-refractivity contribution in [2.24, 2.45) is 0 Å². The van der Waals surface area contributed by atoms with E-state index in [0.717, 1.165) is 27.9 Å².